The second kappa shape index (κ2) is 3.75. The van der Waals surface area contributed by atoms with E-state index < -0.39 is 11.5 Å². The molecule has 0 bridgehead atoms. The van der Waals surface area contributed by atoms with Crippen molar-refractivity contribution in [2.75, 3.05) is 0 Å². The Labute approximate surface area is 82.8 Å². The molecule has 0 saturated carbocycles. The molecule has 3 N–H and O–H groups in total. The van der Waals surface area contributed by atoms with E-state index in [1.807, 2.05) is 13.0 Å². The highest BCUT2D eigenvalue weighted by atomic mass is 16.4. The van der Waals surface area contributed by atoms with E-state index in [1.165, 1.54) is 0 Å². The van der Waals surface area contributed by atoms with Crippen LogP contribution in [-0.2, 0) is 10.3 Å². The molecule has 0 radical (unpaired) electrons. The third-order valence-corrected chi connectivity index (χ3v) is 2.05. The molecule has 0 aromatic carbocycles. The fourth-order valence-electron chi connectivity index (χ4n) is 1.28. The normalized spacial score (nSPS) is 14.8. The van der Waals surface area contributed by atoms with Crippen LogP contribution in [0.1, 0.15) is 24.5 Å². The molecule has 1 heterocycles. The maximum absolute atomic E-state index is 10.6. The lowest BCUT2D eigenvalue weighted by atomic mass is 9.90. The summed E-state index contributed by atoms with van der Waals surface area (Å²) in [4.78, 5) is 14.6. The van der Waals surface area contributed by atoms with Gasteiger partial charge >= 0.3 is 5.97 Å². The van der Waals surface area contributed by atoms with Crippen molar-refractivity contribution in [3.05, 3.63) is 29.6 Å². The van der Waals surface area contributed by atoms with Gasteiger partial charge in [0.15, 0.2) is 0 Å². The number of carboxylic acid groups (broad SMARTS) is 1. The van der Waals surface area contributed by atoms with Gasteiger partial charge < -0.3 is 10.8 Å². The number of pyridine rings is 1. The van der Waals surface area contributed by atoms with E-state index in [0.717, 1.165) is 11.1 Å². The van der Waals surface area contributed by atoms with Crippen molar-refractivity contribution in [2.24, 2.45) is 5.73 Å². The molecular weight excluding hydrogens is 180 g/mol. The lowest BCUT2D eigenvalue weighted by Crippen LogP contribution is -2.35. The Kier molecular flexibility index (Phi) is 2.86. The van der Waals surface area contributed by atoms with Gasteiger partial charge in [-0.2, -0.15) is 0 Å². The van der Waals surface area contributed by atoms with Gasteiger partial charge in [-0.15, -0.1) is 0 Å². The number of hydrogen-bond donors (Lipinski definition) is 2. The molecule has 1 rings (SSSR count). The first-order valence-electron chi connectivity index (χ1n) is 4.34. The lowest BCUT2D eigenvalue weighted by Gasteiger charge is -2.22. The lowest BCUT2D eigenvalue weighted by molar-refractivity contribution is -0.138. The Morgan fingerprint density at radius 2 is 2.29 bits per heavy atom. The molecule has 4 heteroatoms. The number of aryl methyl sites for hydroxylation is 1. The highest BCUT2D eigenvalue weighted by molar-refractivity contribution is 5.68. The largest absolute Gasteiger partial charge is 0.481 e. The highest BCUT2D eigenvalue weighted by Crippen LogP contribution is 2.21. The number of nitrogens with zero attached hydrogens (tertiary/aromatic N) is 1. The van der Waals surface area contributed by atoms with Crippen molar-refractivity contribution < 1.29 is 9.90 Å². The minimum Gasteiger partial charge on any atom is -0.481 e. The molecule has 1 aromatic rings. The Morgan fingerprint density at radius 1 is 1.64 bits per heavy atom. The summed E-state index contributed by atoms with van der Waals surface area (Å²) in [6, 6.07) is 1.86. The smallest absolute Gasteiger partial charge is 0.305 e. The van der Waals surface area contributed by atoms with E-state index in [9.17, 15) is 4.79 Å². The molecule has 76 valence electrons. The number of carboxylic acids is 1. The number of hydrogen-bond acceptors (Lipinski definition) is 3. The molecule has 0 aliphatic heterocycles. The van der Waals surface area contributed by atoms with Crippen molar-refractivity contribution in [1.82, 2.24) is 4.98 Å². The SMILES string of the molecule is Cc1cncc(C(C)(N)CC(=O)O)c1. The van der Waals surface area contributed by atoms with Crippen LogP contribution < -0.4 is 5.73 Å². The van der Waals surface area contributed by atoms with Crippen LogP contribution in [0.5, 0.6) is 0 Å². The molecule has 4 nitrogen and oxygen atoms in total. The van der Waals surface area contributed by atoms with Gasteiger partial charge in [0.25, 0.3) is 0 Å². The Bertz CT molecular complexity index is 348. The topological polar surface area (TPSA) is 76.2 Å². The van der Waals surface area contributed by atoms with Gasteiger partial charge in [0, 0.05) is 12.4 Å². The molecule has 0 aliphatic carbocycles. The van der Waals surface area contributed by atoms with Gasteiger partial charge in [-0.25, -0.2) is 0 Å². The Hall–Kier alpha value is -1.42. The molecule has 0 fully saturated rings. The summed E-state index contributed by atoms with van der Waals surface area (Å²) in [5.41, 5.74) is 6.76. The summed E-state index contributed by atoms with van der Waals surface area (Å²) >= 11 is 0. The van der Waals surface area contributed by atoms with E-state index in [-0.39, 0.29) is 6.42 Å². The summed E-state index contributed by atoms with van der Waals surface area (Å²) in [5.74, 6) is -0.906. The van der Waals surface area contributed by atoms with Crippen molar-refractivity contribution in [1.29, 1.82) is 0 Å². The fourth-order valence-corrected chi connectivity index (χ4v) is 1.28. The summed E-state index contributed by atoms with van der Waals surface area (Å²) in [6.45, 7) is 3.59. The molecule has 1 aromatic heterocycles. The van der Waals surface area contributed by atoms with Gasteiger partial charge in [0.2, 0.25) is 0 Å². The van der Waals surface area contributed by atoms with E-state index in [0.29, 0.717) is 0 Å². The van der Waals surface area contributed by atoms with Gasteiger partial charge in [-0.1, -0.05) is 6.07 Å². The average Bonchev–Trinajstić information content (AvgIpc) is 2.01. The highest BCUT2D eigenvalue weighted by Gasteiger charge is 2.24. The van der Waals surface area contributed by atoms with Crippen LogP contribution in [0, 0.1) is 6.92 Å². The van der Waals surface area contributed by atoms with E-state index in [2.05, 4.69) is 4.98 Å². The molecule has 0 amide bonds. The number of aliphatic carboxylic acids is 1. The van der Waals surface area contributed by atoms with Crippen LogP contribution in [0.2, 0.25) is 0 Å². The maximum Gasteiger partial charge on any atom is 0.305 e. The minimum absolute atomic E-state index is 0.0991. The molecular formula is C10H14N2O2. The third-order valence-electron chi connectivity index (χ3n) is 2.05. The van der Waals surface area contributed by atoms with Crippen LogP contribution in [0.3, 0.4) is 0 Å². The third kappa shape index (κ3) is 2.53. The Morgan fingerprint density at radius 3 is 2.79 bits per heavy atom. The van der Waals surface area contributed by atoms with Crippen LogP contribution >= 0.6 is 0 Å². The number of rotatable bonds is 3. The molecule has 0 spiro atoms. The predicted molar refractivity (Wildman–Crippen MR) is 52.8 cm³/mol. The summed E-state index contributed by atoms with van der Waals surface area (Å²) in [6.07, 6.45) is 3.22. The summed E-state index contributed by atoms with van der Waals surface area (Å²) in [7, 11) is 0. The van der Waals surface area contributed by atoms with Crippen molar-refractivity contribution in [2.45, 2.75) is 25.8 Å². The predicted octanol–water partition coefficient (Wildman–Crippen LogP) is 1.04. The second-order valence-electron chi connectivity index (χ2n) is 3.74. The van der Waals surface area contributed by atoms with Gasteiger partial charge in [-0.3, -0.25) is 9.78 Å². The van der Waals surface area contributed by atoms with E-state index in [4.69, 9.17) is 10.8 Å². The quantitative estimate of drug-likeness (QED) is 0.753. The van der Waals surface area contributed by atoms with Crippen LogP contribution in [0.25, 0.3) is 0 Å². The van der Waals surface area contributed by atoms with Crippen LogP contribution in [0.4, 0.5) is 0 Å². The molecule has 0 aliphatic rings. The van der Waals surface area contributed by atoms with Crippen molar-refractivity contribution in [3.63, 3.8) is 0 Å². The number of carbonyl (C=O) groups is 1. The Balaban J connectivity index is 2.97. The van der Waals surface area contributed by atoms with E-state index >= 15 is 0 Å². The number of nitrogens with two attached hydrogens (primary N) is 1. The standard InChI is InChI=1S/C10H14N2O2/c1-7-3-8(6-12-5-7)10(2,11)4-9(13)14/h3,5-6H,4,11H2,1-2H3,(H,13,14). The zero-order valence-electron chi connectivity index (χ0n) is 8.32. The van der Waals surface area contributed by atoms with Gasteiger partial charge in [-0.05, 0) is 25.0 Å². The van der Waals surface area contributed by atoms with Gasteiger partial charge in [0.1, 0.15) is 0 Å². The zero-order chi connectivity index (χ0) is 10.8. The van der Waals surface area contributed by atoms with E-state index in [1.54, 1.807) is 19.3 Å². The monoisotopic (exact) mass is 194 g/mol. The first-order valence-corrected chi connectivity index (χ1v) is 4.34. The van der Waals surface area contributed by atoms with Crippen LogP contribution in [-0.4, -0.2) is 16.1 Å². The first-order chi connectivity index (χ1) is 6.42. The van der Waals surface area contributed by atoms with Gasteiger partial charge in [0.05, 0.1) is 12.0 Å². The van der Waals surface area contributed by atoms with Crippen LogP contribution in [0.15, 0.2) is 18.5 Å². The maximum atomic E-state index is 10.6. The van der Waals surface area contributed by atoms with Crippen molar-refractivity contribution >= 4 is 5.97 Å². The molecule has 1 unspecified atom stereocenters. The minimum atomic E-state index is -0.906. The zero-order valence-corrected chi connectivity index (χ0v) is 8.32. The molecule has 1 atom stereocenters. The second-order valence-corrected chi connectivity index (χ2v) is 3.74. The number of aromatic nitrogens is 1. The molecule has 0 saturated heterocycles. The van der Waals surface area contributed by atoms with Crippen molar-refractivity contribution in [3.8, 4) is 0 Å². The fraction of sp³-hybridized carbons (Fsp3) is 0.400. The molecule has 14 heavy (non-hydrogen) atoms. The first kappa shape index (κ1) is 10.7. The summed E-state index contributed by atoms with van der Waals surface area (Å²) < 4.78 is 0. The average molecular weight is 194 g/mol. The summed E-state index contributed by atoms with van der Waals surface area (Å²) in [5, 5.41) is 8.68.